The first kappa shape index (κ1) is 15.1. The summed E-state index contributed by atoms with van der Waals surface area (Å²) in [5.74, 6) is 3.68. The standard InChI is InChI=1S/C15H19ClFN3S/c16-4-3-15-18-13-11-12(17)1-2-14(13)20(15)6-5-19-7-9-21-10-8-19/h1-2,11H,3-10H2. The highest BCUT2D eigenvalue weighted by Crippen LogP contribution is 2.19. The predicted molar refractivity (Wildman–Crippen MR) is 87.9 cm³/mol. The van der Waals surface area contributed by atoms with Gasteiger partial charge in [-0.25, -0.2) is 9.37 Å². The maximum absolute atomic E-state index is 13.4. The lowest BCUT2D eigenvalue weighted by atomic mass is 10.3. The number of halogens is 2. The topological polar surface area (TPSA) is 21.1 Å². The van der Waals surface area contributed by atoms with E-state index < -0.39 is 0 Å². The van der Waals surface area contributed by atoms with E-state index in [1.807, 2.05) is 17.8 Å². The van der Waals surface area contributed by atoms with Crippen molar-refractivity contribution in [3.05, 3.63) is 29.8 Å². The van der Waals surface area contributed by atoms with Crippen LogP contribution in [0, 0.1) is 5.82 Å². The summed E-state index contributed by atoms with van der Waals surface area (Å²) in [5, 5.41) is 0. The Morgan fingerprint density at radius 2 is 2.05 bits per heavy atom. The summed E-state index contributed by atoms with van der Waals surface area (Å²) in [7, 11) is 0. The molecule has 3 nitrogen and oxygen atoms in total. The number of aromatic nitrogens is 2. The molecule has 1 aliphatic heterocycles. The number of alkyl halides is 1. The number of benzene rings is 1. The van der Waals surface area contributed by atoms with Gasteiger partial charge in [0.15, 0.2) is 0 Å². The van der Waals surface area contributed by atoms with Crippen LogP contribution in [0.4, 0.5) is 4.39 Å². The number of imidazole rings is 1. The molecule has 114 valence electrons. The van der Waals surface area contributed by atoms with E-state index in [1.54, 1.807) is 0 Å². The molecule has 0 bridgehead atoms. The minimum atomic E-state index is -0.238. The SMILES string of the molecule is Fc1ccc2c(c1)nc(CCCl)n2CCN1CCSCC1. The second kappa shape index (κ2) is 6.99. The Hall–Kier alpha value is -0.780. The number of hydrogen-bond donors (Lipinski definition) is 0. The van der Waals surface area contributed by atoms with Crippen LogP contribution in [0.15, 0.2) is 18.2 Å². The van der Waals surface area contributed by atoms with Gasteiger partial charge in [0.1, 0.15) is 11.6 Å². The summed E-state index contributed by atoms with van der Waals surface area (Å²) in [6, 6.07) is 4.82. The maximum atomic E-state index is 13.4. The van der Waals surface area contributed by atoms with Gasteiger partial charge in [-0.3, -0.25) is 4.90 Å². The van der Waals surface area contributed by atoms with Gasteiger partial charge in [-0.2, -0.15) is 11.8 Å². The zero-order valence-electron chi connectivity index (χ0n) is 11.9. The van der Waals surface area contributed by atoms with E-state index in [-0.39, 0.29) is 5.82 Å². The molecule has 6 heteroatoms. The highest BCUT2D eigenvalue weighted by molar-refractivity contribution is 7.99. The van der Waals surface area contributed by atoms with Gasteiger partial charge >= 0.3 is 0 Å². The van der Waals surface area contributed by atoms with Crippen LogP contribution in [0.2, 0.25) is 0 Å². The molecule has 3 rings (SSSR count). The third kappa shape index (κ3) is 3.52. The van der Waals surface area contributed by atoms with Gasteiger partial charge < -0.3 is 4.57 Å². The Kier molecular flexibility index (Phi) is 5.03. The number of hydrogen-bond acceptors (Lipinski definition) is 3. The Bertz CT molecular complexity index is 610. The minimum absolute atomic E-state index is 0.238. The van der Waals surface area contributed by atoms with Crippen molar-refractivity contribution in [2.45, 2.75) is 13.0 Å². The molecular formula is C15H19ClFN3S. The maximum Gasteiger partial charge on any atom is 0.125 e. The third-order valence-corrected chi connectivity index (χ3v) is 4.98. The Balaban J connectivity index is 1.82. The first-order chi connectivity index (χ1) is 10.3. The van der Waals surface area contributed by atoms with Crippen molar-refractivity contribution in [1.29, 1.82) is 0 Å². The quantitative estimate of drug-likeness (QED) is 0.788. The number of thioether (sulfide) groups is 1. The lowest BCUT2D eigenvalue weighted by Crippen LogP contribution is -2.35. The Morgan fingerprint density at radius 3 is 2.81 bits per heavy atom. The molecule has 0 atom stereocenters. The van der Waals surface area contributed by atoms with Crippen molar-refractivity contribution in [3.8, 4) is 0 Å². The average molecular weight is 328 g/mol. The van der Waals surface area contributed by atoms with Gasteiger partial charge in [-0.1, -0.05) is 0 Å². The lowest BCUT2D eigenvalue weighted by molar-refractivity contribution is 0.289. The summed E-state index contributed by atoms with van der Waals surface area (Å²) >= 11 is 7.89. The fraction of sp³-hybridized carbons (Fsp3) is 0.533. The van der Waals surface area contributed by atoms with Crippen LogP contribution in [0.1, 0.15) is 5.82 Å². The van der Waals surface area contributed by atoms with Crippen molar-refractivity contribution < 1.29 is 4.39 Å². The highest BCUT2D eigenvalue weighted by Gasteiger charge is 2.14. The summed E-state index contributed by atoms with van der Waals surface area (Å²) in [4.78, 5) is 7.03. The number of fused-ring (bicyclic) bond motifs is 1. The normalized spacial score (nSPS) is 16.7. The predicted octanol–water partition coefficient (Wildman–Crippen LogP) is 3.01. The van der Waals surface area contributed by atoms with Gasteiger partial charge in [0.2, 0.25) is 0 Å². The number of nitrogens with zero attached hydrogens (tertiary/aromatic N) is 3. The lowest BCUT2D eigenvalue weighted by Gasteiger charge is -2.26. The molecule has 2 heterocycles. The first-order valence-corrected chi connectivity index (χ1v) is 8.97. The molecular weight excluding hydrogens is 309 g/mol. The molecule has 1 aromatic carbocycles. The number of aryl methyl sites for hydroxylation is 1. The van der Waals surface area contributed by atoms with Crippen LogP contribution < -0.4 is 0 Å². The Morgan fingerprint density at radius 1 is 1.24 bits per heavy atom. The van der Waals surface area contributed by atoms with Crippen molar-refractivity contribution in [2.24, 2.45) is 0 Å². The minimum Gasteiger partial charge on any atom is -0.327 e. The highest BCUT2D eigenvalue weighted by atomic mass is 35.5. The molecule has 2 aromatic rings. The van der Waals surface area contributed by atoms with Crippen molar-refractivity contribution in [3.63, 3.8) is 0 Å². The molecule has 0 unspecified atom stereocenters. The molecule has 0 amide bonds. The molecule has 21 heavy (non-hydrogen) atoms. The van der Waals surface area contributed by atoms with Gasteiger partial charge in [0, 0.05) is 56.1 Å². The van der Waals surface area contributed by atoms with E-state index in [2.05, 4.69) is 14.5 Å². The second-order valence-electron chi connectivity index (χ2n) is 5.21. The molecule has 1 saturated heterocycles. The summed E-state index contributed by atoms with van der Waals surface area (Å²) in [6.07, 6.45) is 0.716. The smallest absolute Gasteiger partial charge is 0.125 e. The monoisotopic (exact) mass is 327 g/mol. The zero-order chi connectivity index (χ0) is 14.7. The Labute approximate surface area is 133 Å². The van der Waals surface area contributed by atoms with Crippen LogP contribution >= 0.6 is 23.4 Å². The summed E-state index contributed by atoms with van der Waals surface area (Å²) < 4.78 is 15.5. The molecule has 0 N–H and O–H groups in total. The van der Waals surface area contributed by atoms with Crippen molar-refractivity contribution >= 4 is 34.4 Å². The van der Waals surface area contributed by atoms with E-state index in [9.17, 15) is 4.39 Å². The molecule has 1 aliphatic rings. The van der Waals surface area contributed by atoms with Crippen LogP contribution in [0.3, 0.4) is 0 Å². The molecule has 0 aliphatic carbocycles. The molecule has 1 fully saturated rings. The van der Waals surface area contributed by atoms with Crippen molar-refractivity contribution in [2.75, 3.05) is 37.0 Å². The third-order valence-electron chi connectivity index (χ3n) is 3.85. The molecule has 0 saturated carbocycles. The van der Waals surface area contributed by atoms with Crippen LogP contribution in [-0.2, 0) is 13.0 Å². The number of rotatable bonds is 5. The van der Waals surface area contributed by atoms with Crippen LogP contribution in [0.25, 0.3) is 11.0 Å². The molecule has 1 aromatic heterocycles. The molecule has 0 spiro atoms. The van der Waals surface area contributed by atoms with Gasteiger partial charge in [-0.15, -0.1) is 11.6 Å². The first-order valence-electron chi connectivity index (χ1n) is 7.28. The van der Waals surface area contributed by atoms with E-state index in [0.29, 0.717) is 12.3 Å². The summed E-state index contributed by atoms with van der Waals surface area (Å²) in [6.45, 7) is 4.20. The van der Waals surface area contributed by atoms with Crippen LogP contribution in [-0.4, -0.2) is 51.5 Å². The van der Waals surface area contributed by atoms with E-state index in [0.717, 1.165) is 43.0 Å². The fourth-order valence-electron chi connectivity index (χ4n) is 2.74. The van der Waals surface area contributed by atoms with E-state index in [4.69, 9.17) is 11.6 Å². The fourth-order valence-corrected chi connectivity index (χ4v) is 3.89. The van der Waals surface area contributed by atoms with Gasteiger partial charge in [-0.05, 0) is 12.1 Å². The van der Waals surface area contributed by atoms with Crippen molar-refractivity contribution in [1.82, 2.24) is 14.5 Å². The largest absolute Gasteiger partial charge is 0.327 e. The van der Waals surface area contributed by atoms with E-state index in [1.165, 1.54) is 23.6 Å². The van der Waals surface area contributed by atoms with Gasteiger partial charge in [0.25, 0.3) is 0 Å². The van der Waals surface area contributed by atoms with Gasteiger partial charge in [0.05, 0.1) is 11.0 Å². The average Bonchev–Trinajstić information content (AvgIpc) is 2.83. The van der Waals surface area contributed by atoms with Crippen LogP contribution in [0.5, 0.6) is 0 Å². The second-order valence-corrected chi connectivity index (χ2v) is 6.81. The zero-order valence-corrected chi connectivity index (χ0v) is 13.5. The van der Waals surface area contributed by atoms with E-state index >= 15 is 0 Å². The summed E-state index contributed by atoms with van der Waals surface area (Å²) in [5.41, 5.74) is 1.73. The molecule has 0 radical (unpaired) electrons.